The molecule has 0 spiro atoms. The van der Waals surface area contributed by atoms with Crippen LogP contribution in [0.5, 0.6) is 0 Å². The van der Waals surface area contributed by atoms with Crippen LogP contribution in [0.4, 0.5) is 0 Å². The second kappa shape index (κ2) is 3.83. The molecule has 3 heteroatoms. The fourth-order valence-corrected chi connectivity index (χ4v) is 2.62. The van der Waals surface area contributed by atoms with Gasteiger partial charge in [-0.1, -0.05) is 22.0 Å². The average Bonchev–Trinajstić information content (AvgIpc) is 2.06. The molecule has 0 amide bonds. The summed E-state index contributed by atoms with van der Waals surface area (Å²) in [4.78, 5) is 0. The van der Waals surface area contributed by atoms with Crippen molar-refractivity contribution in [3.8, 4) is 0 Å². The number of halogens is 1. The normalized spacial score (nSPS) is 19.3. The Morgan fingerprint density at radius 2 is 2.00 bits per heavy atom. The van der Waals surface area contributed by atoms with E-state index >= 15 is 0 Å². The van der Waals surface area contributed by atoms with E-state index in [1.54, 1.807) is 0 Å². The molecule has 1 N–H and O–H groups in total. The van der Waals surface area contributed by atoms with Gasteiger partial charge in [0.1, 0.15) is 0 Å². The highest BCUT2D eigenvalue weighted by Crippen LogP contribution is 2.43. The Morgan fingerprint density at radius 3 is 2.44 bits per heavy atom. The lowest BCUT2D eigenvalue weighted by Crippen LogP contribution is -2.60. The molecule has 2 rings (SSSR count). The van der Waals surface area contributed by atoms with Gasteiger partial charge < -0.3 is 9.84 Å². The zero-order valence-electron chi connectivity index (χ0n) is 9.88. The van der Waals surface area contributed by atoms with Crippen LogP contribution in [0.1, 0.15) is 25.0 Å². The first-order valence-electron chi connectivity index (χ1n) is 5.44. The molecule has 1 aromatic rings. The number of aryl methyl sites for hydroxylation is 1. The lowest BCUT2D eigenvalue weighted by Gasteiger charge is -2.50. The van der Waals surface area contributed by atoms with Gasteiger partial charge in [0.15, 0.2) is 0 Å². The molecule has 0 unspecified atom stereocenters. The summed E-state index contributed by atoms with van der Waals surface area (Å²) >= 11 is 3.49. The fourth-order valence-electron chi connectivity index (χ4n) is 2.25. The van der Waals surface area contributed by atoms with Gasteiger partial charge in [-0.15, -0.1) is 0 Å². The smallest absolute Gasteiger partial charge is 0.0732 e. The Balaban J connectivity index is 2.53. The van der Waals surface area contributed by atoms with E-state index in [1.165, 1.54) is 11.1 Å². The molecule has 16 heavy (non-hydrogen) atoms. The van der Waals surface area contributed by atoms with E-state index in [4.69, 9.17) is 4.74 Å². The minimum atomic E-state index is -0.767. The molecule has 1 fully saturated rings. The van der Waals surface area contributed by atoms with Crippen molar-refractivity contribution in [3.63, 3.8) is 0 Å². The summed E-state index contributed by atoms with van der Waals surface area (Å²) in [6.45, 7) is 6.97. The molecule has 1 saturated heterocycles. The molecule has 1 heterocycles. The molecule has 88 valence electrons. The van der Waals surface area contributed by atoms with Crippen molar-refractivity contribution in [2.45, 2.75) is 31.8 Å². The number of hydrogen-bond donors (Lipinski definition) is 1. The summed E-state index contributed by atoms with van der Waals surface area (Å²) in [5, 5.41) is 10.4. The maximum absolute atomic E-state index is 10.4. The van der Waals surface area contributed by atoms with Crippen LogP contribution in [0.15, 0.2) is 22.7 Å². The van der Waals surface area contributed by atoms with Gasteiger partial charge in [-0.2, -0.15) is 0 Å². The van der Waals surface area contributed by atoms with Gasteiger partial charge in [0.25, 0.3) is 0 Å². The minimum absolute atomic E-state index is 0.263. The van der Waals surface area contributed by atoms with E-state index in [1.807, 2.05) is 19.9 Å². The molecule has 0 bridgehead atoms. The number of ether oxygens (including phenoxy) is 1. The monoisotopic (exact) mass is 284 g/mol. The van der Waals surface area contributed by atoms with E-state index in [-0.39, 0.29) is 5.41 Å². The lowest BCUT2D eigenvalue weighted by atomic mass is 9.66. The molecular formula is C13H17BrO2. The van der Waals surface area contributed by atoms with Crippen molar-refractivity contribution in [1.82, 2.24) is 0 Å². The fraction of sp³-hybridized carbons (Fsp3) is 0.538. The van der Waals surface area contributed by atoms with Crippen LogP contribution in [0.2, 0.25) is 0 Å². The maximum Gasteiger partial charge on any atom is 0.0732 e. The minimum Gasteiger partial charge on any atom is -0.389 e. The highest BCUT2D eigenvalue weighted by atomic mass is 79.9. The first kappa shape index (κ1) is 12.1. The molecular weight excluding hydrogens is 268 g/mol. The zero-order chi connectivity index (χ0) is 12.0. The third-order valence-electron chi connectivity index (χ3n) is 3.58. The van der Waals surface area contributed by atoms with Gasteiger partial charge in [-0.3, -0.25) is 0 Å². The first-order valence-corrected chi connectivity index (χ1v) is 6.23. The van der Waals surface area contributed by atoms with Crippen LogP contribution in [-0.4, -0.2) is 23.9 Å². The molecule has 0 aromatic heterocycles. The van der Waals surface area contributed by atoms with Crippen molar-refractivity contribution < 1.29 is 9.84 Å². The summed E-state index contributed by atoms with van der Waals surface area (Å²) in [5.41, 5.74) is 1.35. The summed E-state index contributed by atoms with van der Waals surface area (Å²) < 4.78 is 6.38. The van der Waals surface area contributed by atoms with Gasteiger partial charge in [-0.25, -0.2) is 0 Å². The Bertz CT molecular complexity index is 403. The number of aliphatic hydroxyl groups is 1. The van der Waals surface area contributed by atoms with Gasteiger partial charge in [0.05, 0.1) is 24.2 Å². The van der Waals surface area contributed by atoms with E-state index in [0.29, 0.717) is 13.2 Å². The highest BCUT2D eigenvalue weighted by Gasteiger charge is 2.52. The Morgan fingerprint density at radius 1 is 1.38 bits per heavy atom. The van der Waals surface area contributed by atoms with Crippen molar-refractivity contribution >= 4 is 15.9 Å². The molecule has 0 atom stereocenters. The van der Waals surface area contributed by atoms with Crippen LogP contribution in [0.25, 0.3) is 0 Å². The van der Waals surface area contributed by atoms with Crippen LogP contribution in [0, 0.1) is 6.92 Å². The van der Waals surface area contributed by atoms with Crippen LogP contribution in [0.3, 0.4) is 0 Å². The Hall–Kier alpha value is -0.380. The average molecular weight is 285 g/mol. The van der Waals surface area contributed by atoms with E-state index in [9.17, 15) is 5.11 Å². The SMILES string of the molecule is Cc1ccc(Br)cc1C1(C(C)(C)O)COC1. The van der Waals surface area contributed by atoms with E-state index in [0.717, 1.165) is 4.47 Å². The van der Waals surface area contributed by atoms with Gasteiger partial charge in [0, 0.05) is 4.47 Å². The zero-order valence-corrected chi connectivity index (χ0v) is 11.5. The largest absolute Gasteiger partial charge is 0.389 e. The van der Waals surface area contributed by atoms with Crippen LogP contribution >= 0.6 is 15.9 Å². The van der Waals surface area contributed by atoms with Crippen molar-refractivity contribution in [3.05, 3.63) is 33.8 Å². The number of hydrogen-bond acceptors (Lipinski definition) is 2. The third kappa shape index (κ3) is 1.71. The molecule has 0 saturated carbocycles. The second-order valence-corrected chi connectivity index (χ2v) is 6.01. The molecule has 0 aliphatic carbocycles. The van der Waals surface area contributed by atoms with Gasteiger partial charge in [0.2, 0.25) is 0 Å². The van der Waals surface area contributed by atoms with Crippen molar-refractivity contribution in [2.24, 2.45) is 0 Å². The molecule has 1 aromatic carbocycles. The van der Waals surface area contributed by atoms with Gasteiger partial charge in [-0.05, 0) is 44.0 Å². The molecule has 2 nitrogen and oxygen atoms in total. The van der Waals surface area contributed by atoms with Gasteiger partial charge >= 0.3 is 0 Å². The Labute approximate surface area is 105 Å². The highest BCUT2D eigenvalue weighted by molar-refractivity contribution is 9.10. The molecule has 1 aliphatic rings. The maximum atomic E-state index is 10.4. The molecule has 0 radical (unpaired) electrons. The first-order chi connectivity index (χ1) is 7.37. The Kier molecular flexibility index (Phi) is 2.89. The van der Waals surface area contributed by atoms with Crippen molar-refractivity contribution in [1.29, 1.82) is 0 Å². The third-order valence-corrected chi connectivity index (χ3v) is 4.08. The molecule has 1 aliphatic heterocycles. The van der Waals surface area contributed by atoms with E-state index in [2.05, 4.69) is 35.0 Å². The topological polar surface area (TPSA) is 29.5 Å². The standard InChI is InChI=1S/C13H17BrO2/c1-9-4-5-10(14)6-11(9)13(7-16-8-13)12(2,3)15/h4-6,15H,7-8H2,1-3H3. The van der Waals surface area contributed by atoms with E-state index < -0.39 is 5.60 Å². The quantitative estimate of drug-likeness (QED) is 0.905. The predicted octanol–water partition coefficient (Wildman–Crippen LogP) is 2.80. The summed E-state index contributed by atoms with van der Waals surface area (Å²) in [6.07, 6.45) is 0. The summed E-state index contributed by atoms with van der Waals surface area (Å²) in [7, 11) is 0. The van der Waals surface area contributed by atoms with Crippen molar-refractivity contribution in [2.75, 3.05) is 13.2 Å². The number of rotatable bonds is 2. The second-order valence-electron chi connectivity index (χ2n) is 5.09. The lowest BCUT2D eigenvalue weighted by molar-refractivity contribution is -0.157. The van der Waals surface area contributed by atoms with Crippen LogP contribution < -0.4 is 0 Å². The summed E-state index contributed by atoms with van der Waals surface area (Å²) in [6, 6.07) is 6.19. The predicted molar refractivity (Wildman–Crippen MR) is 67.7 cm³/mol. The summed E-state index contributed by atoms with van der Waals surface area (Å²) in [5.74, 6) is 0. The number of benzene rings is 1. The van der Waals surface area contributed by atoms with Crippen LogP contribution in [-0.2, 0) is 10.2 Å².